The van der Waals surface area contributed by atoms with Crippen LogP contribution in [0.1, 0.15) is 35.3 Å². The lowest BCUT2D eigenvalue weighted by atomic mass is 9.96. The summed E-state index contributed by atoms with van der Waals surface area (Å²) in [4.78, 5) is 23.4. The summed E-state index contributed by atoms with van der Waals surface area (Å²) in [5.41, 5.74) is 9.60. The van der Waals surface area contributed by atoms with Gasteiger partial charge in [-0.25, -0.2) is 9.97 Å². The molecule has 6 nitrogen and oxygen atoms in total. The number of aryl methyl sites for hydroxylation is 1. The fourth-order valence-electron chi connectivity index (χ4n) is 3.20. The van der Waals surface area contributed by atoms with E-state index < -0.39 is 0 Å². The molecule has 1 heterocycles. The SMILES string of the molecule is CCN(CC)c1ccc(C)c(C(=O)c2ccc(O)c(-c3ccnc(N)n3)c2)c1. The lowest BCUT2D eigenvalue weighted by Crippen LogP contribution is -2.22. The number of ketones is 1. The fourth-order valence-corrected chi connectivity index (χ4v) is 3.20. The Labute approximate surface area is 164 Å². The summed E-state index contributed by atoms with van der Waals surface area (Å²) in [6, 6.07) is 12.3. The van der Waals surface area contributed by atoms with Gasteiger partial charge in [-0.1, -0.05) is 6.07 Å². The molecule has 0 aliphatic rings. The van der Waals surface area contributed by atoms with E-state index in [-0.39, 0.29) is 17.5 Å². The Morgan fingerprint density at radius 3 is 2.54 bits per heavy atom. The minimum Gasteiger partial charge on any atom is -0.507 e. The molecule has 0 fully saturated rings. The Morgan fingerprint density at radius 1 is 1.11 bits per heavy atom. The van der Waals surface area contributed by atoms with Crippen molar-refractivity contribution in [3.63, 3.8) is 0 Å². The molecule has 0 aliphatic heterocycles. The largest absolute Gasteiger partial charge is 0.507 e. The maximum Gasteiger partial charge on any atom is 0.220 e. The number of nitrogens with two attached hydrogens (primary N) is 1. The molecule has 0 atom stereocenters. The number of benzene rings is 2. The first-order valence-electron chi connectivity index (χ1n) is 9.26. The van der Waals surface area contributed by atoms with Crippen LogP contribution < -0.4 is 10.6 Å². The first kappa shape index (κ1) is 19.4. The summed E-state index contributed by atoms with van der Waals surface area (Å²) in [5, 5.41) is 10.2. The summed E-state index contributed by atoms with van der Waals surface area (Å²) in [7, 11) is 0. The second-order valence-corrected chi connectivity index (χ2v) is 6.53. The number of aromatic nitrogens is 2. The minimum atomic E-state index is -0.102. The van der Waals surface area contributed by atoms with E-state index in [1.54, 1.807) is 18.2 Å². The number of aromatic hydroxyl groups is 1. The van der Waals surface area contributed by atoms with E-state index >= 15 is 0 Å². The van der Waals surface area contributed by atoms with Gasteiger partial charge >= 0.3 is 0 Å². The van der Waals surface area contributed by atoms with Crippen LogP contribution in [-0.4, -0.2) is 33.9 Å². The Bertz CT molecular complexity index is 1010. The van der Waals surface area contributed by atoms with Gasteiger partial charge in [0.25, 0.3) is 0 Å². The molecule has 2 aromatic carbocycles. The van der Waals surface area contributed by atoms with Gasteiger partial charge in [0.05, 0.1) is 5.69 Å². The molecule has 0 bridgehead atoms. The maximum absolute atomic E-state index is 13.2. The average molecular weight is 376 g/mol. The van der Waals surface area contributed by atoms with E-state index in [4.69, 9.17) is 5.73 Å². The van der Waals surface area contributed by atoms with Gasteiger partial charge in [0.15, 0.2) is 5.78 Å². The van der Waals surface area contributed by atoms with E-state index in [0.717, 1.165) is 24.3 Å². The molecular formula is C22H24N4O2. The van der Waals surface area contributed by atoms with Crippen molar-refractivity contribution >= 4 is 17.4 Å². The van der Waals surface area contributed by atoms with Crippen LogP contribution in [0.15, 0.2) is 48.7 Å². The molecule has 0 amide bonds. The number of phenols is 1. The van der Waals surface area contributed by atoms with Gasteiger partial charge in [-0.05, 0) is 62.7 Å². The van der Waals surface area contributed by atoms with Gasteiger partial charge in [0.2, 0.25) is 5.95 Å². The number of phenolic OH excluding ortho intramolecular Hbond substituents is 1. The Kier molecular flexibility index (Phi) is 5.59. The quantitative estimate of drug-likeness (QED) is 0.636. The summed E-state index contributed by atoms with van der Waals surface area (Å²) >= 11 is 0. The van der Waals surface area contributed by atoms with Gasteiger partial charge in [-0.15, -0.1) is 0 Å². The second-order valence-electron chi connectivity index (χ2n) is 6.53. The number of anilines is 2. The number of hydrogen-bond donors (Lipinski definition) is 2. The number of hydrogen-bond acceptors (Lipinski definition) is 6. The van der Waals surface area contributed by atoms with Gasteiger partial charge in [0.1, 0.15) is 5.75 Å². The van der Waals surface area contributed by atoms with Crippen molar-refractivity contribution in [1.82, 2.24) is 9.97 Å². The summed E-state index contributed by atoms with van der Waals surface area (Å²) in [6.45, 7) is 7.83. The van der Waals surface area contributed by atoms with Gasteiger partial charge in [-0.2, -0.15) is 0 Å². The molecule has 144 valence electrons. The predicted octanol–water partition coefficient (Wildman–Crippen LogP) is 3.82. The molecule has 28 heavy (non-hydrogen) atoms. The van der Waals surface area contributed by atoms with Crippen molar-refractivity contribution < 1.29 is 9.90 Å². The van der Waals surface area contributed by atoms with Crippen LogP contribution in [0.4, 0.5) is 11.6 Å². The van der Waals surface area contributed by atoms with Crippen LogP contribution in [0.3, 0.4) is 0 Å². The molecule has 0 saturated heterocycles. The highest BCUT2D eigenvalue weighted by Crippen LogP contribution is 2.30. The molecule has 3 rings (SSSR count). The molecular weight excluding hydrogens is 352 g/mol. The van der Waals surface area contributed by atoms with E-state index in [0.29, 0.717) is 22.4 Å². The smallest absolute Gasteiger partial charge is 0.220 e. The van der Waals surface area contributed by atoms with Crippen LogP contribution in [-0.2, 0) is 0 Å². The van der Waals surface area contributed by atoms with Crippen LogP contribution in [0.5, 0.6) is 5.75 Å². The maximum atomic E-state index is 13.2. The van der Waals surface area contributed by atoms with Crippen molar-refractivity contribution in [3.05, 3.63) is 65.4 Å². The zero-order valence-corrected chi connectivity index (χ0v) is 16.3. The summed E-state index contributed by atoms with van der Waals surface area (Å²) in [5.74, 6) is 0.0365. The van der Waals surface area contributed by atoms with Crippen LogP contribution in [0, 0.1) is 6.92 Å². The molecule has 6 heteroatoms. The van der Waals surface area contributed by atoms with Gasteiger partial charge in [0, 0.05) is 41.7 Å². The van der Waals surface area contributed by atoms with E-state index in [1.165, 1.54) is 12.3 Å². The van der Waals surface area contributed by atoms with Crippen LogP contribution in [0.25, 0.3) is 11.3 Å². The topological polar surface area (TPSA) is 92.3 Å². The third-order valence-electron chi connectivity index (χ3n) is 4.80. The van der Waals surface area contributed by atoms with Gasteiger partial charge < -0.3 is 15.7 Å². The fraction of sp³-hybridized carbons (Fsp3) is 0.227. The number of rotatable bonds is 6. The molecule has 3 N–H and O–H groups in total. The van der Waals surface area contributed by atoms with Crippen molar-refractivity contribution in [2.24, 2.45) is 0 Å². The summed E-state index contributed by atoms with van der Waals surface area (Å²) < 4.78 is 0. The Hall–Kier alpha value is -3.41. The molecule has 1 aromatic heterocycles. The van der Waals surface area contributed by atoms with E-state index in [1.807, 2.05) is 25.1 Å². The molecule has 3 aromatic rings. The highest BCUT2D eigenvalue weighted by molar-refractivity contribution is 6.11. The predicted molar refractivity (Wildman–Crippen MR) is 112 cm³/mol. The van der Waals surface area contributed by atoms with Crippen molar-refractivity contribution in [2.45, 2.75) is 20.8 Å². The lowest BCUT2D eigenvalue weighted by molar-refractivity contribution is 0.103. The molecule has 0 spiro atoms. The zero-order valence-electron chi connectivity index (χ0n) is 16.3. The monoisotopic (exact) mass is 376 g/mol. The van der Waals surface area contributed by atoms with Crippen molar-refractivity contribution in [2.75, 3.05) is 23.7 Å². The summed E-state index contributed by atoms with van der Waals surface area (Å²) in [6.07, 6.45) is 1.52. The molecule has 0 unspecified atom stereocenters. The molecule has 0 aliphatic carbocycles. The standard InChI is InChI=1S/C22H24N4O2/c1-4-26(5-2)16-8-6-14(3)17(13-16)21(28)15-7-9-20(27)18(12-15)19-10-11-24-22(23)25-19/h6-13,27H,4-5H2,1-3H3,(H2,23,24,25). The Balaban J connectivity index is 2.04. The third-order valence-corrected chi connectivity index (χ3v) is 4.80. The second kappa shape index (κ2) is 8.08. The minimum absolute atomic E-state index is 0.0308. The van der Waals surface area contributed by atoms with Gasteiger partial charge in [-0.3, -0.25) is 4.79 Å². The normalized spacial score (nSPS) is 10.7. The number of carbonyl (C=O) groups excluding carboxylic acids is 1. The van der Waals surface area contributed by atoms with Crippen LogP contribution >= 0.6 is 0 Å². The number of nitrogens with zero attached hydrogens (tertiary/aromatic N) is 3. The first-order valence-corrected chi connectivity index (χ1v) is 9.26. The third kappa shape index (κ3) is 3.81. The lowest BCUT2D eigenvalue weighted by Gasteiger charge is -2.22. The highest BCUT2D eigenvalue weighted by Gasteiger charge is 2.17. The highest BCUT2D eigenvalue weighted by atomic mass is 16.3. The number of carbonyl (C=O) groups is 1. The van der Waals surface area contributed by atoms with E-state index in [9.17, 15) is 9.90 Å². The molecule has 0 radical (unpaired) electrons. The van der Waals surface area contributed by atoms with Crippen molar-refractivity contribution in [1.29, 1.82) is 0 Å². The van der Waals surface area contributed by atoms with Crippen LogP contribution in [0.2, 0.25) is 0 Å². The Morgan fingerprint density at radius 2 is 1.86 bits per heavy atom. The molecule has 0 saturated carbocycles. The first-order chi connectivity index (χ1) is 13.4. The van der Waals surface area contributed by atoms with Crippen molar-refractivity contribution in [3.8, 4) is 17.0 Å². The zero-order chi connectivity index (χ0) is 20.3. The average Bonchev–Trinajstić information content (AvgIpc) is 2.70. The van der Waals surface area contributed by atoms with E-state index in [2.05, 4.69) is 28.7 Å². The number of nitrogen functional groups attached to an aromatic ring is 1.